The molecule has 11 nitrogen and oxygen atoms in total. The number of hydrogen-bond donors (Lipinski definition) is 4. The predicted octanol–water partition coefficient (Wildman–Crippen LogP) is 4.60. The Balaban J connectivity index is 1.98. The smallest absolute Gasteiger partial charge is 0.508 e. The summed E-state index contributed by atoms with van der Waals surface area (Å²) in [7, 11) is 0. The first-order valence-electron chi connectivity index (χ1n) is 15.9. The van der Waals surface area contributed by atoms with Crippen LogP contribution in [0.25, 0.3) is 0 Å². The average molecular weight is 651 g/mol. The number of benzene rings is 2. The van der Waals surface area contributed by atoms with E-state index < -0.39 is 36.0 Å². The Kier molecular flexibility index (Phi) is 17.0. The van der Waals surface area contributed by atoms with Crippen LogP contribution in [-0.4, -0.2) is 104 Å². The summed E-state index contributed by atoms with van der Waals surface area (Å²) >= 11 is 0. The van der Waals surface area contributed by atoms with Crippen molar-refractivity contribution in [2.45, 2.75) is 84.2 Å². The third-order valence-corrected chi connectivity index (χ3v) is 7.55. The van der Waals surface area contributed by atoms with Crippen molar-refractivity contribution >= 4 is 6.16 Å². The molecular formula is C35H54O11. The van der Waals surface area contributed by atoms with E-state index >= 15 is 0 Å². The minimum atomic E-state index is -0.878. The van der Waals surface area contributed by atoms with Crippen LogP contribution in [0.1, 0.15) is 65.5 Å². The number of phenolic OH excluding ortho intramolecular Hbond substituents is 1. The van der Waals surface area contributed by atoms with Crippen LogP contribution in [0.2, 0.25) is 0 Å². The van der Waals surface area contributed by atoms with Crippen molar-refractivity contribution in [1.82, 2.24) is 0 Å². The molecule has 0 fully saturated rings. The molecule has 4 N–H and O–H groups in total. The molecule has 0 aliphatic rings. The molecular weight excluding hydrogens is 596 g/mol. The van der Waals surface area contributed by atoms with Gasteiger partial charge >= 0.3 is 6.16 Å². The molecule has 0 saturated carbocycles. The first-order chi connectivity index (χ1) is 21.8. The van der Waals surface area contributed by atoms with Gasteiger partial charge in [-0.2, -0.15) is 0 Å². The summed E-state index contributed by atoms with van der Waals surface area (Å²) in [6.45, 7) is 11.9. The third-order valence-electron chi connectivity index (χ3n) is 7.55. The van der Waals surface area contributed by atoms with Gasteiger partial charge in [0.05, 0.1) is 76.6 Å². The fourth-order valence-electron chi connectivity index (χ4n) is 4.52. The molecule has 4 unspecified atom stereocenters. The van der Waals surface area contributed by atoms with Crippen LogP contribution in [0.4, 0.5) is 4.79 Å². The summed E-state index contributed by atoms with van der Waals surface area (Å²) < 4.78 is 34.1. The van der Waals surface area contributed by atoms with E-state index in [2.05, 4.69) is 0 Å². The second-order valence-corrected chi connectivity index (χ2v) is 12.5. The van der Waals surface area contributed by atoms with Gasteiger partial charge in [-0.3, -0.25) is 0 Å². The Morgan fingerprint density at radius 2 is 1.26 bits per heavy atom. The number of carbonyl (C=O) groups is 1. The fourth-order valence-corrected chi connectivity index (χ4v) is 4.52. The van der Waals surface area contributed by atoms with E-state index in [1.54, 1.807) is 44.2 Å². The number of aromatic hydroxyl groups is 1. The molecule has 46 heavy (non-hydrogen) atoms. The number of aliphatic hydroxyl groups excluding tert-OH is 3. The molecule has 11 heteroatoms. The maximum atomic E-state index is 12.5. The highest BCUT2D eigenvalue weighted by molar-refractivity contribution is 5.64. The zero-order valence-corrected chi connectivity index (χ0v) is 28.1. The topological polar surface area (TPSA) is 153 Å². The van der Waals surface area contributed by atoms with Crippen molar-refractivity contribution in [3.8, 4) is 11.5 Å². The van der Waals surface area contributed by atoms with E-state index in [1.165, 1.54) is 0 Å². The Morgan fingerprint density at radius 1 is 0.739 bits per heavy atom. The van der Waals surface area contributed by atoms with Crippen molar-refractivity contribution in [2.24, 2.45) is 5.41 Å². The number of hydrogen-bond acceptors (Lipinski definition) is 11. The molecule has 2 aromatic carbocycles. The minimum Gasteiger partial charge on any atom is -0.508 e. The second-order valence-electron chi connectivity index (χ2n) is 12.5. The number of rotatable bonds is 22. The lowest BCUT2D eigenvalue weighted by molar-refractivity contribution is -0.131. The Bertz CT molecular complexity index is 1120. The Morgan fingerprint density at radius 3 is 1.76 bits per heavy atom. The van der Waals surface area contributed by atoms with Crippen molar-refractivity contribution in [3.05, 3.63) is 59.7 Å². The van der Waals surface area contributed by atoms with E-state index in [9.17, 15) is 25.2 Å². The molecule has 2 rings (SSSR count). The van der Waals surface area contributed by atoms with Gasteiger partial charge in [-0.05, 0) is 62.1 Å². The van der Waals surface area contributed by atoms with Crippen LogP contribution in [0.5, 0.6) is 11.5 Å². The zero-order chi connectivity index (χ0) is 34.2. The molecule has 260 valence electrons. The highest BCUT2D eigenvalue weighted by atomic mass is 16.7. The van der Waals surface area contributed by atoms with Gasteiger partial charge < -0.3 is 48.8 Å². The number of phenols is 1. The summed E-state index contributed by atoms with van der Waals surface area (Å²) in [5.41, 5.74) is 0.706. The molecule has 0 amide bonds. The number of ether oxygens (including phenoxy) is 6. The van der Waals surface area contributed by atoms with E-state index in [0.29, 0.717) is 18.6 Å². The molecule has 0 aliphatic heterocycles. The highest BCUT2D eigenvalue weighted by Gasteiger charge is 2.34. The standard InChI is InChI=1S/C35H54O11/c1-7-29(37)19-43-23-35(21-41-17-25(3)36,24-44-20-30(38)8-2)22-42-18-26(4)45-33(40)46-32-14-12-27(13-15-32)34(5,6)28-10-9-11-31(39)16-28/h9-16,25-26,29-30,36-39H,7-8,17-24H2,1-6H3. The Labute approximate surface area is 273 Å². The summed E-state index contributed by atoms with van der Waals surface area (Å²) in [6.07, 6.45) is -2.39. The third kappa shape index (κ3) is 13.9. The second kappa shape index (κ2) is 19.8. The zero-order valence-electron chi connectivity index (χ0n) is 28.1. The predicted molar refractivity (Wildman–Crippen MR) is 173 cm³/mol. The monoisotopic (exact) mass is 650 g/mol. The van der Waals surface area contributed by atoms with Crippen LogP contribution < -0.4 is 4.74 Å². The van der Waals surface area contributed by atoms with Crippen molar-refractivity contribution < 1.29 is 53.6 Å². The fraction of sp³-hybridized carbons (Fsp3) is 0.629. The quantitative estimate of drug-likeness (QED) is 0.104. The molecule has 0 spiro atoms. The minimum absolute atomic E-state index is 0.0411. The van der Waals surface area contributed by atoms with Crippen LogP contribution in [0.3, 0.4) is 0 Å². The van der Waals surface area contributed by atoms with Gasteiger partial charge in [-0.15, -0.1) is 0 Å². The SMILES string of the molecule is CCC(O)COCC(COCC(C)O)(COCC(O)CC)COCC(C)OC(=O)Oc1ccc(C(C)(C)c2cccc(O)c2)cc1. The molecule has 0 aromatic heterocycles. The normalized spacial score (nSPS) is 15.8. The first kappa shape index (κ1) is 39.4. The van der Waals surface area contributed by atoms with Crippen LogP contribution >= 0.6 is 0 Å². The van der Waals surface area contributed by atoms with Crippen LogP contribution in [0, 0.1) is 5.41 Å². The van der Waals surface area contributed by atoms with Gasteiger partial charge in [0.15, 0.2) is 0 Å². The van der Waals surface area contributed by atoms with E-state index in [0.717, 1.165) is 11.1 Å². The maximum absolute atomic E-state index is 12.5. The van der Waals surface area contributed by atoms with Gasteiger partial charge in [0, 0.05) is 5.41 Å². The van der Waals surface area contributed by atoms with Gasteiger partial charge in [0.25, 0.3) is 0 Å². The lowest BCUT2D eigenvalue weighted by Gasteiger charge is -2.34. The van der Waals surface area contributed by atoms with Gasteiger partial charge in [-0.1, -0.05) is 52.0 Å². The summed E-state index contributed by atoms with van der Waals surface area (Å²) in [5, 5.41) is 39.5. The molecule has 0 heterocycles. The molecule has 0 aliphatic carbocycles. The van der Waals surface area contributed by atoms with Gasteiger partial charge in [-0.25, -0.2) is 4.79 Å². The van der Waals surface area contributed by atoms with Crippen molar-refractivity contribution in [3.63, 3.8) is 0 Å². The molecule has 0 saturated heterocycles. The largest absolute Gasteiger partial charge is 0.514 e. The average Bonchev–Trinajstić information content (AvgIpc) is 3.00. The lowest BCUT2D eigenvalue weighted by atomic mass is 9.78. The summed E-state index contributed by atoms with van der Waals surface area (Å²) in [6, 6.07) is 14.2. The Hall–Kier alpha value is -2.77. The first-order valence-corrected chi connectivity index (χ1v) is 15.9. The van der Waals surface area contributed by atoms with Crippen LogP contribution in [0.15, 0.2) is 48.5 Å². The van der Waals surface area contributed by atoms with Crippen molar-refractivity contribution in [2.75, 3.05) is 52.9 Å². The molecule has 0 bridgehead atoms. The number of aliphatic hydroxyl groups is 3. The molecule has 4 atom stereocenters. The van der Waals surface area contributed by atoms with E-state index in [4.69, 9.17) is 28.4 Å². The number of carbonyl (C=O) groups excluding carboxylic acids is 1. The van der Waals surface area contributed by atoms with Crippen LogP contribution in [-0.2, 0) is 29.1 Å². The maximum Gasteiger partial charge on any atom is 0.514 e. The molecule has 0 radical (unpaired) electrons. The lowest BCUT2D eigenvalue weighted by Crippen LogP contribution is -2.44. The summed E-state index contributed by atoms with van der Waals surface area (Å²) in [5.74, 6) is 0.516. The van der Waals surface area contributed by atoms with E-state index in [-0.39, 0.29) is 64.0 Å². The highest BCUT2D eigenvalue weighted by Crippen LogP contribution is 2.34. The van der Waals surface area contributed by atoms with Gasteiger partial charge in [0.2, 0.25) is 0 Å². The summed E-state index contributed by atoms with van der Waals surface area (Å²) in [4.78, 5) is 12.5. The van der Waals surface area contributed by atoms with Gasteiger partial charge in [0.1, 0.15) is 17.6 Å². The van der Waals surface area contributed by atoms with E-state index in [1.807, 2.05) is 45.9 Å². The van der Waals surface area contributed by atoms with Crippen molar-refractivity contribution in [1.29, 1.82) is 0 Å². The molecule has 2 aromatic rings.